The van der Waals surface area contributed by atoms with Gasteiger partial charge in [0.05, 0.1) is 11.6 Å². The second-order valence-electron chi connectivity index (χ2n) is 11.1. The van der Waals surface area contributed by atoms with Gasteiger partial charge in [0.1, 0.15) is 5.75 Å². The van der Waals surface area contributed by atoms with E-state index in [1.54, 1.807) is 12.1 Å². The Bertz CT molecular complexity index is 1090. The third-order valence-electron chi connectivity index (χ3n) is 7.59. The fourth-order valence-corrected chi connectivity index (χ4v) is 10.6. The molecule has 0 aromatic heterocycles. The molecule has 4 nitrogen and oxygen atoms in total. The van der Waals surface area contributed by atoms with Gasteiger partial charge in [-0.1, -0.05) is 99.1 Å². The first kappa shape index (κ1) is 27.9. The molecule has 0 spiro atoms. The Morgan fingerprint density at radius 1 is 0.865 bits per heavy atom. The van der Waals surface area contributed by atoms with Crippen LogP contribution in [-0.4, -0.2) is 38.2 Å². The molecule has 37 heavy (non-hydrogen) atoms. The summed E-state index contributed by atoms with van der Waals surface area (Å²) in [6.07, 6.45) is 5.56. The van der Waals surface area contributed by atoms with Gasteiger partial charge < -0.3 is 19.2 Å². The van der Waals surface area contributed by atoms with Gasteiger partial charge in [0.25, 0.3) is 8.32 Å². The quantitative estimate of drug-likeness (QED) is 0.381. The summed E-state index contributed by atoms with van der Waals surface area (Å²) in [4.78, 5) is 0. The molecule has 0 unspecified atom stereocenters. The summed E-state index contributed by atoms with van der Waals surface area (Å²) in [6.45, 7) is 7.59. The Morgan fingerprint density at radius 2 is 1.43 bits per heavy atom. The topological polar surface area (TPSA) is 58.9 Å². The first-order valence-corrected chi connectivity index (χ1v) is 15.6. The SMILES string of the molecule is CC(C)(C)[Si](OC1CCC(CCOc2ccc(B(O)O)cc2Cl)CC1)(c1ccccc1)c1ccccc1. The van der Waals surface area contributed by atoms with Crippen LogP contribution in [0.5, 0.6) is 5.75 Å². The van der Waals surface area contributed by atoms with Crippen LogP contribution in [0.4, 0.5) is 0 Å². The van der Waals surface area contributed by atoms with Gasteiger partial charge in [-0.2, -0.15) is 0 Å². The maximum atomic E-state index is 9.30. The minimum Gasteiger partial charge on any atom is -0.492 e. The highest BCUT2D eigenvalue weighted by Gasteiger charge is 2.51. The fraction of sp³-hybridized carbons (Fsp3) is 0.400. The van der Waals surface area contributed by atoms with E-state index in [9.17, 15) is 10.0 Å². The highest BCUT2D eigenvalue weighted by molar-refractivity contribution is 6.99. The maximum Gasteiger partial charge on any atom is 0.488 e. The smallest absolute Gasteiger partial charge is 0.488 e. The molecule has 0 aliphatic heterocycles. The summed E-state index contributed by atoms with van der Waals surface area (Å²) < 4.78 is 13.3. The summed E-state index contributed by atoms with van der Waals surface area (Å²) in [6, 6.07) is 26.6. The zero-order valence-electron chi connectivity index (χ0n) is 22.1. The van der Waals surface area contributed by atoms with E-state index in [0.29, 0.717) is 28.8 Å². The van der Waals surface area contributed by atoms with E-state index in [1.807, 2.05) is 0 Å². The number of hydrogen-bond acceptors (Lipinski definition) is 4. The highest BCUT2D eigenvalue weighted by atomic mass is 35.5. The zero-order valence-corrected chi connectivity index (χ0v) is 23.8. The van der Waals surface area contributed by atoms with E-state index in [4.69, 9.17) is 20.8 Å². The first-order chi connectivity index (χ1) is 17.7. The van der Waals surface area contributed by atoms with Crippen molar-refractivity contribution in [2.45, 2.75) is 64.0 Å². The number of halogens is 1. The average Bonchev–Trinajstić information content (AvgIpc) is 2.89. The van der Waals surface area contributed by atoms with E-state index in [1.165, 1.54) is 16.4 Å². The van der Waals surface area contributed by atoms with Gasteiger partial charge >= 0.3 is 7.12 Å². The number of rotatable bonds is 9. The van der Waals surface area contributed by atoms with Crippen LogP contribution in [0.1, 0.15) is 52.9 Å². The molecule has 1 aliphatic carbocycles. The van der Waals surface area contributed by atoms with Crippen LogP contribution in [0.15, 0.2) is 78.9 Å². The van der Waals surface area contributed by atoms with Gasteiger partial charge in [-0.15, -0.1) is 0 Å². The molecule has 1 fully saturated rings. The third-order valence-corrected chi connectivity index (χ3v) is 13.0. The minimum atomic E-state index is -2.52. The second kappa shape index (κ2) is 12.2. The number of ether oxygens (including phenoxy) is 1. The molecule has 3 aromatic rings. The predicted molar refractivity (Wildman–Crippen MR) is 156 cm³/mol. The largest absolute Gasteiger partial charge is 0.492 e. The predicted octanol–water partition coefficient (Wildman–Crippen LogP) is 4.92. The van der Waals surface area contributed by atoms with Crippen molar-refractivity contribution in [3.63, 3.8) is 0 Å². The van der Waals surface area contributed by atoms with Crippen LogP contribution in [0.25, 0.3) is 0 Å². The molecule has 0 radical (unpaired) electrons. The normalized spacial score (nSPS) is 18.4. The Labute approximate surface area is 227 Å². The molecule has 0 amide bonds. The van der Waals surface area contributed by atoms with Crippen LogP contribution < -0.4 is 20.6 Å². The molecular weight excluding hydrogens is 499 g/mol. The highest BCUT2D eigenvalue weighted by Crippen LogP contribution is 2.40. The van der Waals surface area contributed by atoms with E-state index < -0.39 is 15.4 Å². The summed E-state index contributed by atoms with van der Waals surface area (Å²) in [5, 5.41) is 21.7. The van der Waals surface area contributed by atoms with Gasteiger partial charge in [0.15, 0.2) is 0 Å². The lowest BCUT2D eigenvalue weighted by molar-refractivity contribution is 0.113. The fourth-order valence-electron chi connectivity index (χ4n) is 5.61. The molecular formula is C30H38BClO4Si. The standard InChI is InChI=1S/C30H38BClO4Si/c1-30(2,3)37(26-10-6-4-7-11-26,27-12-8-5-9-13-27)36-25-17-14-23(15-18-25)20-21-35-29-19-16-24(31(33)34)22-28(29)32/h4-13,16,19,22-23,25,33-34H,14-15,17-18,20-21H2,1-3H3. The van der Waals surface area contributed by atoms with Gasteiger partial charge in [-0.25, -0.2) is 0 Å². The Morgan fingerprint density at radius 3 is 1.92 bits per heavy atom. The maximum absolute atomic E-state index is 9.30. The van der Waals surface area contributed by atoms with Crippen LogP contribution in [0, 0.1) is 5.92 Å². The molecule has 4 rings (SSSR count). The first-order valence-electron chi connectivity index (χ1n) is 13.3. The monoisotopic (exact) mass is 536 g/mol. The van der Waals surface area contributed by atoms with Gasteiger partial charge in [-0.3, -0.25) is 0 Å². The van der Waals surface area contributed by atoms with Crippen molar-refractivity contribution in [2.24, 2.45) is 5.92 Å². The Hall–Kier alpha value is -2.09. The molecule has 1 saturated carbocycles. The summed E-state index contributed by atoms with van der Waals surface area (Å²) in [5.41, 5.74) is 0.358. The van der Waals surface area contributed by atoms with Crippen molar-refractivity contribution in [3.05, 3.63) is 83.9 Å². The van der Waals surface area contributed by atoms with Crippen LogP contribution in [0.2, 0.25) is 10.1 Å². The van der Waals surface area contributed by atoms with Crippen molar-refractivity contribution >= 4 is 42.9 Å². The molecule has 1 aliphatic rings. The van der Waals surface area contributed by atoms with Crippen LogP contribution in [0.3, 0.4) is 0 Å². The molecule has 0 saturated heterocycles. The van der Waals surface area contributed by atoms with Crippen molar-refractivity contribution in [1.82, 2.24) is 0 Å². The Balaban J connectivity index is 1.40. The lowest BCUT2D eigenvalue weighted by Gasteiger charge is -2.46. The van der Waals surface area contributed by atoms with E-state index in [-0.39, 0.29) is 11.1 Å². The molecule has 0 bridgehead atoms. The van der Waals surface area contributed by atoms with E-state index in [2.05, 4.69) is 81.4 Å². The van der Waals surface area contributed by atoms with Crippen molar-refractivity contribution in [3.8, 4) is 5.75 Å². The molecule has 196 valence electrons. The zero-order chi connectivity index (χ0) is 26.5. The molecule has 0 heterocycles. The van der Waals surface area contributed by atoms with E-state index in [0.717, 1.165) is 32.1 Å². The number of benzene rings is 3. The lowest BCUT2D eigenvalue weighted by Crippen LogP contribution is -2.67. The summed E-state index contributed by atoms with van der Waals surface area (Å²) in [5.74, 6) is 1.17. The van der Waals surface area contributed by atoms with Crippen molar-refractivity contribution < 1.29 is 19.2 Å². The molecule has 0 atom stereocenters. The lowest BCUT2D eigenvalue weighted by atomic mass is 9.80. The van der Waals surface area contributed by atoms with E-state index >= 15 is 0 Å². The van der Waals surface area contributed by atoms with Crippen molar-refractivity contribution in [2.75, 3.05) is 6.61 Å². The van der Waals surface area contributed by atoms with Gasteiger partial charge in [-0.05, 0) is 71.0 Å². The van der Waals surface area contributed by atoms with Crippen molar-refractivity contribution in [1.29, 1.82) is 0 Å². The third kappa shape index (κ3) is 6.50. The summed E-state index contributed by atoms with van der Waals surface area (Å²) in [7, 11) is -4.06. The van der Waals surface area contributed by atoms with Gasteiger partial charge in [0.2, 0.25) is 0 Å². The molecule has 7 heteroatoms. The molecule has 2 N–H and O–H groups in total. The summed E-state index contributed by atoms with van der Waals surface area (Å²) >= 11 is 6.25. The van der Waals surface area contributed by atoms with Crippen LogP contribution >= 0.6 is 11.6 Å². The second-order valence-corrected chi connectivity index (χ2v) is 15.8. The average molecular weight is 537 g/mol. The molecule has 3 aromatic carbocycles. The minimum absolute atomic E-state index is 0.0126. The Kier molecular flexibility index (Phi) is 9.20. The van der Waals surface area contributed by atoms with Gasteiger partial charge in [0, 0.05) is 6.10 Å². The number of hydrogen-bond donors (Lipinski definition) is 2. The van der Waals surface area contributed by atoms with Crippen LogP contribution in [-0.2, 0) is 4.43 Å².